The summed E-state index contributed by atoms with van der Waals surface area (Å²) in [4.78, 5) is 10.7. The van der Waals surface area contributed by atoms with Crippen LogP contribution in [0.25, 0.3) is 0 Å². The van der Waals surface area contributed by atoms with Crippen molar-refractivity contribution in [3.05, 3.63) is 41.5 Å². The number of aliphatic carboxylic acids is 1. The van der Waals surface area contributed by atoms with E-state index in [1.54, 1.807) is 6.92 Å². The Hall–Kier alpha value is -2.25. The number of hydrogen-bond donors (Lipinski definition) is 3. The van der Waals surface area contributed by atoms with Gasteiger partial charge in [0.1, 0.15) is 5.75 Å². The van der Waals surface area contributed by atoms with Crippen LogP contribution < -0.4 is 0 Å². The second kappa shape index (κ2) is 10.8. The number of benzene rings is 1. The number of carbonyl (C=O) groups is 1. The maximum absolute atomic E-state index is 10.7. The third-order valence-electron chi connectivity index (χ3n) is 5.28. The quantitative estimate of drug-likeness (QED) is 0.445. The zero-order chi connectivity index (χ0) is 19.6. The predicted octanol–water partition coefficient (Wildman–Crippen LogP) is 4.40. The summed E-state index contributed by atoms with van der Waals surface area (Å²) in [5, 5.41) is 29.6. The Morgan fingerprint density at radius 2 is 2.19 bits per heavy atom. The van der Waals surface area contributed by atoms with Crippen LogP contribution in [0, 0.1) is 17.8 Å². The van der Waals surface area contributed by atoms with Crippen LogP contribution in [0.1, 0.15) is 68.9 Å². The molecule has 1 fully saturated rings. The van der Waals surface area contributed by atoms with E-state index in [-0.39, 0.29) is 12.3 Å². The molecular formula is C23H30O4. The molecule has 1 aliphatic carbocycles. The van der Waals surface area contributed by atoms with Gasteiger partial charge in [-0.1, -0.05) is 36.8 Å². The number of aryl methyl sites for hydroxylation is 1. The first-order valence-electron chi connectivity index (χ1n) is 9.81. The van der Waals surface area contributed by atoms with Gasteiger partial charge in [0.15, 0.2) is 0 Å². The van der Waals surface area contributed by atoms with Gasteiger partial charge >= 0.3 is 5.97 Å². The molecule has 3 N–H and O–H groups in total. The van der Waals surface area contributed by atoms with Crippen molar-refractivity contribution < 1.29 is 20.1 Å². The average molecular weight is 370 g/mol. The zero-order valence-corrected chi connectivity index (χ0v) is 16.0. The second-order valence-electron chi connectivity index (χ2n) is 7.22. The van der Waals surface area contributed by atoms with Gasteiger partial charge in [-0.25, -0.2) is 0 Å². The average Bonchev–Trinajstić information content (AvgIpc) is 3.10. The fourth-order valence-electron chi connectivity index (χ4n) is 3.86. The number of aliphatic hydroxyl groups is 1. The highest BCUT2D eigenvalue weighted by molar-refractivity contribution is 5.66. The van der Waals surface area contributed by atoms with Gasteiger partial charge in [-0.2, -0.15) is 0 Å². The van der Waals surface area contributed by atoms with Crippen LogP contribution in [0.2, 0.25) is 0 Å². The highest BCUT2D eigenvalue weighted by Crippen LogP contribution is 2.44. The van der Waals surface area contributed by atoms with E-state index in [9.17, 15) is 15.0 Å². The molecule has 2 rings (SSSR count). The molecule has 1 saturated carbocycles. The Balaban J connectivity index is 2.04. The summed E-state index contributed by atoms with van der Waals surface area (Å²) in [6.45, 7) is 1.80. The van der Waals surface area contributed by atoms with Crippen LogP contribution in [0.5, 0.6) is 5.75 Å². The van der Waals surface area contributed by atoms with E-state index in [0.29, 0.717) is 37.4 Å². The van der Waals surface area contributed by atoms with Crippen molar-refractivity contribution in [1.82, 2.24) is 0 Å². The van der Waals surface area contributed by atoms with E-state index < -0.39 is 12.1 Å². The van der Waals surface area contributed by atoms with E-state index in [1.807, 2.05) is 24.3 Å². The summed E-state index contributed by atoms with van der Waals surface area (Å²) < 4.78 is 0. The number of hydrogen-bond acceptors (Lipinski definition) is 3. The molecule has 0 amide bonds. The lowest BCUT2D eigenvalue weighted by Crippen LogP contribution is -2.07. The van der Waals surface area contributed by atoms with Crippen LogP contribution in [0.4, 0.5) is 0 Å². The molecule has 4 heteroatoms. The molecule has 0 heterocycles. The van der Waals surface area contributed by atoms with Gasteiger partial charge in [0.25, 0.3) is 0 Å². The number of aromatic hydroxyl groups is 1. The van der Waals surface area contributed by atoms with E-state index in [2.05, 4.69) is 17.9 Å². The van der Waals surface area contributed by atoms with Crippen LogP contribution >= 0.6 is 0 Å². The third-order valence-corrected chi connectivity index (χ3v) is 5.28. The van der Waals surface area contributed by atoms with Gasteiger partial charge in [-0.15, -0.1) is 11.8 Å². The highest BCUT2D eigenvalue weighted by Gasteiger charge is 2.29. The molecule has 2 unspecified atom stereocenters. The number of allylic oxidation sites excluding steroid dienone is 1. The van der Waals surface area contributed by atoms with Crippen LogP contribution in [0.3, 0.4) is 0 Å². The zero-order valence-electron chi connectivity index (χ0n) is 16.0. The number of phenols is 1. The van der Waals surface area contributed by atoms with Crippen molar-refractivity contribution in [2.75, 3.05) is 0 Å². The maximum Gasteiger partial charge on any atom is 0.303 e. The second-order valence-corrected chi connectivity index (χ2v) is 7.22. The largest absolute Gasteiger partial charge is 0.507 e. The molecule has 27 heavy (non-hydrogen) atoms. The van der Waals surface area contributed by atoms with Crippen molar-refractivity contribution in [1.29, 1.82) is 0 Å². The van der Waals surface area contributed by atoms with E-state index >= 15 is 0 Å². The lowest BCUT2D eigenvalue weighted by atomic mass is 9.86. The van der Waals surface area contributed by atoms with E-state index in [1.165, 1.54) is 0 Å². The first-order chi connectivity index (χ1) is 13.0. The number of carboxylic acid groups (broad SMARTS) is 1. The molecule has 0 bridgehead atoms. The molecule has 146 valence electrons. The number of para-hydroxylation sites is 1. The standard InChI is InChI=1S/C23H30O4/c1-2-3-4-11-19(24)16-15-17-8-5-12-20(17)21-13-6-9-18(23(21)27)10-7-14-22(25)26/h6,9,13,15-17,19-20,24,27H,4-5,7-8,10-12,14H2,1H3,(H,25,26)/b16-15+/t17?,19?,20-/m0/s1. The number of rotatable bonds is 9. The van der Waals surface area contributed by atoms with Crippen molar-refractivity contribution in [2.24, 2.45) is 5.92 Å². The smallest absolute Gasteiger partial charge is 0.303 e. The van der Waals surface area contributed by atoms with E-state index in [0.717, 1.165) is 30.4 Å². The molecule has 0 aromatic heterocycles. The molecule has 0 saturated heterocycles. The normalized spacial score (nSPS) is 20.4. The number of carboxylic acids is 1. The van der Waals surface area contributed by atoms with Crippen molar-refractivity contribution in [2.45, 2.75) is 70.3 Å². The van der Waals surface area contributed by atoms with Crippen LogP contribution in [-0.2, 0) is 11.2 Å². The van der Waals surface area contributed by atoms with Gasteiger partial charge < -0.3 is 15.3 Å². The van der Waals surface area contributed by atoms with Crippen molar-refractivity contribution in [3.63, 3.8) is 0 Å². The molecular weight excluding hydrogens is 340 g/mol. The lowest BCUT2D eigenvalue weighted by molar-refractivity contribution is -0.137. The molecule has 1 aliphatic rings. The molecule has 0 radical (unpaired) electrons. The first kappa shape index (κ1) is 21.1. The van der Waals surface area contributed by atoms with Gasteiger partial charge in [0, 0.05) is 12.8 Å². The Labute approximate surface area is 161 Å². The molecule has 4 nitrogen and oxygen atoms in total. The van der Waals surface area contributed by atoms with Crippen molar-refractivity contribution in [3.8, 4) is 17.6 Å². The SMILES string of the molecule is CC#CCCC(O)/C=C/C1CCC[C@@H]1c1cccc(CCCC(=O)O)c1O. The van der Waals surface area contributed by atoms with Crippen LogP contribution in [0.15, 0.2) is 30.4 Å². The van der Waals surface area contributed by atoms with E-state index in [4.69, 9.17) is 5.11 Å². The summed E-state index contributed by atoms with van der Waals surface area (Å²) in [5.74, 6) is 5.84. The Morgan fingerprint density at radius 1 is 1.37 bits per heavy atom. The van der Waals surface area contributed by atoms with Crippen molar-refractivity contribution >= 4 is 5.97 Å². The fraction of sp³-hybridized carbons (Fsp3) is 0.522. The predicted molar refractivity (Wildman–Crippen MR) is 107 cm³/mol. The minimum atomic E-state index is -0.810. The Bertz CT molecular complexity index is 711. The summed E-state index contributed by atoms with van der Waals surface area (Å²) in [6, 6.07) is 5.79. The topological polar surface area (TPSA) is 77.8 Å². The minimum absolute atomic E-state index is 0.110. The first-order valence-corrected chi connectivity index (χ1v) is 9.81. The summed E-state index contributed by atoms with van der Waals surface area (Å²) in [5.41, 5.74) is 1.77. The monoisotopic (exact) mass is 370 g/mol. The van der Waals surface area contributed by atoms with Crippen LogP contribution in [-0.4, -0.2) is 27.4 Å². The lowest BCUT2D eigenvalue weighted by Gasteiger charge is -2.20. The Morgan fingerprint density at radius 3 is 2.93 bits per heavy atom. The third kappa shape index (κ3) is 6.45. The van der Waals surface area contributed by atoms with Gasteiger partial charge in [0.05, 0.1) is 6.10 Å². The molecule has 0 aliphatic heterocycles. The minimum Gasteiger partial charge on any atom is -0.507 e. The molecule has 3 atom stereocenters. The molecule has 1 aromatic carbocycles. The summed E-state index contributed by atoms with van der Waals surface area (Å²) in [7, 11) is 0. The Kier molecular flexibility index (Phi) is 8.42. The maximum atomic E-state index is 10.7. The number of phenolic OH excluding ortho intramolecular Hbond substituents is 1. The van der Waals surface area contributed by atoms with Gasteiger partial charge in [-0.05, 0) is 62.0 Å². The van der Waals surface area contributed by atoms with Gasteiger partial charge in [0.2, 0.25) is 0 Å². The van der Waals surface area contributed by atoms with Gasteiger partial charge in [-0.3, -0.25) is 4.79 Å². The molecule has 1 aromatic rings. The summed E-state index contributed by atoms with van der Waals surface area (Å²) >= 11 is 0. The molecule has 0 spiro atoms. The number of aliphatic hydroxyl groups excluding tert-OH is 1. The summed E-state index contributed by atoms with van der Waals surface area (Å²) in [6.07, 6.45) is 9.16. The fourth-order valence-corrected chi connectivity index (χ4v) is 3.86. The highest BCUT2D eigenvalue weighted by atomic mass is 16.4.